The van der Waals surface area contributed by atoms with Crippen LogP contribution in [0.2, 0.25) is 0 Å². The van der Waals surface area contributed by atoms with Crippen LogP contribution >= 0.6 is 0 Å². The van der Waals surface area contributed by atoms with Crippen molar-refractivity contribution in [3.05, 3.63) is 60.8 Å². The third kappa shape index (κ3) is 4.43. The Morgan fingerprint density at radius 2 is 2.07 bits per heavy atom. The molecule has 3 aromatic rings. The number of benzene rings is 1. The Morgan fingerprint density at radius 3 is 2.89 bits per heavy atom. The van der Waals surface area contributed by atoms with Gasteiger partial charge in [-0.25, -0.2) is 9.67 Å². The van der Waals surface area contributed by atoms with Crippen molar-refractivity contribution in [2.45, 2.75) is 19.1 Å². The molecular weight excluding hydrogens is 360 g/mol. The minimum Gasteiger partial charge on any atom is -0.484 e. The fraction of sp³-hybridized carbons (Fsp3) is 0.316. The SMILES string of the molecule is O=C(COc1ccccc1)N1CCC(n2cc(COc3cnccn3)nn2)C1. The van der Waals surface area contributed by atoms with E-state index in [1.165, 1.54) is 0 Å². The van der Waals surface area contributed by atoms with Crippen molar-refractivity contribution in [3.63, 3.8) is 0 Å². The van der Waals surface area contributed by atoms with Crippen LogP contribution in [-0.2, 0) is 11.4 Å². The lowest BCUT2D eigenvalue weighted by Crippen LogP contribution is -2.33. The Labute approximate surface area is 161 Å². The maximum atomic E-state index is 12.4. The van der Waals surface area contributed by atoms with Gasteiger partial charge in [0.1, 0.15) is 18.1 Å². The lowest BCUT2D eigenvalue weighted by atomic mass is 10.3. The number of aromatic nitrogens is 5. The molecule has 1 aliphatic rings. The first-order chi connectivity index (χ1) is 13.8. The van der Waals surface area contributed by atoms with Gasteiger partial charge >= 0.3 is 0 Å². The smallest absolute Gasteiger partial charge is 0.260 e. The third-order valence-electron chi connectivity index (χ3n) is 4.46. The van der Waals surface area contributed by atoms with Crippen molar-refractivity contribution in [2.75, 3.05) is 19.7 Å². The minimum atomic E-state index is -0.0299. The predicted molar refractivity (Wildman–Crippen MR) is 98.6 cm³/mol. The second-order valence-corrected chi connectivity index (χ2v) is 6.41. The highest BCUT2D eigenvalue weighted by Gasteiger charge is 2.28. The summed E-state index contributed by atoms with van der Waals surface area (Å²) in [5, 5.41) is 8.31. The van der Waals surface area contributed by atoms with Gasteiger partial charge in [-0.1, -0.05) is 23.4 Å². The van der Waals surface area contributed by atoms with Crippen molar-refractivity contribution in [2.24, 2.45) is 0 Å². The first-order valence-corrected chi connectivity index (χ1v) is 9.03. The largest absolute Gasteiger partial charge is 0.484 e. The minimum absolute atomic E-state index is 0.0299. The number of carbonyl (C=O) groups excluding carboxylic acids is 1. The molecule has 0 radical (unpaired) electrons. The monoisotopic (exact) mass is 380 g/mol. The van der Waals surface area contributed by atoms with E-state index in [0.29, 0.717) is 30.4 Å². The second kappa shape index (κ2) is 8.47. The quantitative estimate of drug-likeness (QED) is 0.613. The van der Waals surface area contributed by atoms with E-state index in [9.17, 15) is 4.79 Å². The Bertz CT molecular complexity index is 902. The fourth-order valence-electron chi connectivity index (χ4n) is 3.00. The zero-order chi connectivity index (χ0) is 19.2. The van der Waals surface area contributed by atoms with Gasteiger partial charge in [-0.15, -0.1) is 5.10 Å². The van der Waals surface area contributed by atoms with Crippen LogP contribution in [0.3, 0.4) is 0 Å². The number of rotatable bonds is 7. The maximum absolute atomic E-state index is 12.4. The van der Waals surface area contributed by atoms with Gasteiger partial charge in [0.15, 0.2) is 6.61 Å². The molecule has 4 rings (SSSR count). The van der Waals surface area contributed by atoms with Gasteiger partial charge in [0.05, 0.1) is 18.4 Å². The van der Waals surface area contributed by atoms with Crippen molar-refractivity contribution in [1.29, 1.82) is 0 Å². The summed E-state index contributed by atoms with van der Waals surface area (Å²) in [6.45, 7) is 1.56. The number of para-hydroxylation sites is 1. The van der Waals surface area contributed by atoms with E-state index in [4.69, 9.17) is 9.47 Å². The Morgan fingerprint density at radius 1 is 1.18 bits per heavy atom. The lowest BCUT2D eigenvalue weighted by Gasteiger charge is -2.16. The van der Waals surface area contributed by atoms with Gasteiger partial charge in [-0.05, 0) is 18.6 Å². The number of hydrogen-bond donors (Lipinski definition) is 0. The number of nitrogens with zero attached hydrogens (tertiary/aromatic N) is 6. The first kappa shape index (κ1) is 17.9. The average Bonchev–Trinajstić information content (AvgIpc) is 3.42. The summed E-state index contributed by atoms with van der Waals surface area (Å²) in [5.41, 5.74) is 0.697. The van der Waals surface area contributed by atoms with Crippen LogP contribution in [-0.4, -0.2) is 55.5 Å². The molecule has 2 aromatic heterocycles. The third-order valence-corrected chi connectivity index (χ3v) is 4.46. The highest BCUT2D eigenvalue weighted by atomic mass is 16.5. The standard InChI is InChI=1S/C19H20N6O3/c26-19(14-27-17-4-2-1-3-5-17)24-9-6-16(12-24)25-11-15(22-23-25)13-28-18-10-20-7-8-21-18/h1-5,7-8,10-11,16H,6,9,12-14H2. The van der Waals surface area contributed by atoms with Crippen molar-refractivity contribution in [1.82, 2.24) is 29.9 Å². The van der Waals surface area contributed by atoms with E-state index in [1.54, 1.807) is 28.2 Å². The summed E-state index contributed by atoms with van der Waals surface area (Å²) in [4.78, 5) is 22.2. The van der Waals surface area contributed by atoms with Crippen LogP contribution in [0.15, 0.2) is 55.1 Å². The molecule has 1 fully saturated rings. The van der Waals surface area contributed by atoms with Crippen LogP contribution in [0.1, 0.15) is 18.2 Å². The molecule has 1 saturated heterocycles. The van der Waals surface area contributed by atoms with Crippen LogP contribution in [0.5, 0.6) is 11.6 Å². The van der Waals surface area contributed by atoms with Gasteiger partial charge in [0.2, 0.25) is 5.88 Å². The Hall–Kier alpha value is -3.49. The normalized spacial score (nSPS) is 16.1. The molecule has 1 unspecified atom stereocenters. The Kier molecular flexibility index (Phi) is 5.41. The van der Waals surface area contributed by atoms with Crippen molar-refractivity contribution >= 4 is 5.91 Å². The fourth-order valence-corrected chi connectivity index (χ4v) is 3.00. The highest BCUT2D eigenvalue weighted by molar-refractivity contribution is 5.78. The first-order valence-electron chi connectivity index (χ1n) is 9.03. The van der Waals surface area contributed by atoms with Crippen LogP contribution in [0.4, 0.5) is 0 Å². The molecule has 0 saturated carbocycles. The van der Waals surface area contributed by atoms with Crippen LogP contribution in [0, 0.1) is 0 Å². The summed E-state index contributed by atoms with van der Waals surface area (Å²) in [7, 11) is 0. The van der Waals surface area contributed by atoms with Gasteiger partial charge in [-0.2, -0.15) is 0 Å². The molecule has 28 heavy (non-hydrogen) atoms. The number of likely N-dealkylation sites (tertiary alicyclic amines) is 1. The second-order valence-electron chi connectivity index (χ2n) is 6.41. The number of ether oxygens (including phenoxy) is 2. The molecule has 0 N–H and O–H groups in total. The number of hydrogen-bond acceptors (Lipinski definition) is 7. The van der Waals surface area contributed by atoms with E-state index in [1.807, 2.05) is 36.5 Å². The van der Waals surface area contributed by atoms with Gasteiger partial charge in [0, 0.05) is 25.5 Å². The Balaban J connectivity index is 1.27. The van der Waals surface area contributed by atoms with E-state index in [0.717, 1.165) is 6.42 Å². The molecule has 0 spiro atoms. The van der Waals surface area contributed by atoms with Gasteiger partial charge in [0.25, 0.3) is 5.91 Å². The molecule has 1 aliphatic heterocycles. The number of amides is 1. The molecule has 9 nitrogen and oxygen atoms in total. The molecule has 1 atom stereocenters. The molecule has 0 aliphatic carbocycles. The van der Waals surface area contributed by atoms with Gasteiger partial charge in [-0.3, -0.25) is 9.78 Å². The van der Waals surface area contributed by atoms with Gasteiger partial charge < -0.3 is 14.4 Å². The van der Waals surface area contributed by atoms with Crippen molar-refractivity contribution < 1.29 is 14.3 Å². The molecular formula is C19H20N6O3. The maximum Gasteiger partial charge on any atom is 0.260 e. The molecule has 0 bridgehead atoms. The zero-order valence-corrected chi connectivity index (χ0v) is 15.2. The van der Waals surface area contributed by atoms with Crippen molar-refractivity contribution in [3.8, 4) is 11.6 Å². The lowest BCUT2D eigenvalue weighted by molar-refractivity contribution is -0.132. The number of carbonyl (C=O) groups is 1. The highest BCUT2D eigenvalue weighted by Crippen LogP contribution is 2.21. The van der Waals surface area contributed by atoms with E-state index in [-0.39, 0.29) is 25.2 Å². The van der Waals surface area contributed by atoms with E-state index >= 15 is 0 Å². The van der Waals surface area contributed by atoms with Crippen LogP contribution in [0.25, 0.3) is 0 Å². The summed E-state index contributed by atoms with van der Waals surface area (Å²) >= 11 is 0. The average molecular weight is 380 g/mol. The summed E-state index contributed by atoms with van der Waals surface area (Å²) in [6.07, 6.45) is 7.36. The molecule has 9 heteroatoms. The topological polar surface area (TPSA) is 95.3 Å². The zero-order valence-electron chi connectivity index (χ0n) is 15.2. The predicted octanol–water partition coefficient (Wildman–Crippen LogP) is 1.50. The van der Waals surface area contributed by atoms with E-state index < -0.39 is 0 Å². The van der Waals surface area contributed by atoms with Crippen LogP contribution < -0.4 is 9.47 Å². The molecule has 1 amide bonds. The summed E-state index contributed by atoms with van der Waals surface area (Å²) < 4.78 is 12.9. The molecule has 144 valence electrons. The summed E-state index contributed by atoms with van der Waals surface area (Å²) in [5.74, 6) is 1.10. The summed E-state index contributed by atoms with van der Waals surface area (Å²) in [6, 6.07) is 9.42. The molecule has 1 aromatic carbocycles. The van der Waals surface area contributed by atoms with E-state index in [2.05, 4.69) is 20.3 Å². The molecule has 3 heterocycles.